The minimum absolute atomic E-state index is 0.140. The second-order valence-corrected chi connectivity index (χ2v) is 5.88. The van der Waals surface area contributed by atoms with Crippen molar-refractivity contribution in [3.8, 4) is 0 Å². The summed E-state index contributed by atoms with van der Waals surface area (Å²) in [5.74, 6) is 0.0881. The predicted molar refractivity (Wildman–Crippen MR) is 65.7 cm³/mol. The summed E-state index contributed by atoms with van der Waals surface area (Å²) >= 11 is 0. The SMILES string of the molecule is CC(COC=O)c1cncnc1N(C)S(C)(=O)=O. The van der Waals surface area contributed by atoms with Gasteiger partial charge in [0, 0.05) is 24.7 Å². The van der Waals surface area contributed by atoms with E-state index in [2.05, 4.69) is 14.7 Å². The average Bonchev–Trinajstić information content (AvgIpc) is 2.34. The Labute approximate surface area is 106 Å². The summed E-state index contributed by atoms with van der Waals surface area (Å²) in [6.45, 7) is 2.28. The molecule has 8 heteroatoms. The van der Waals surface area contributed by atoms with E-state index in [0.717, 1.165) is 10.6 Å². The zero-order chi connectivity index (χ0) is 13.8. The Morgan fingerprint density at radius 1 is 1.56 bits per heavy atom. The molecule has 1 atom stereocenters. The number of carbonyl (C=O) groups excluding carboxylic acids is 1. The van der Waals surface area contributed by atoms with Crippen LogP contribution < -0.4 is 4.31 Å². The van der Waals surface area contributed by atoms with Crippen molar-refractivity contribution < 1.29 is 17.9 Å². The van der Waals surface area contributed by atoms with E-state index < -0.39 is 10.0 Å². The maximum absolute atomic E-state index is 11.5. The first-order chi connectivity index (χ1) is 8.38. The minimum Gasteiger partial charge on any atom is -0.467 e. The van der Waals surface area contributed by atoms with Gasteiger partial charge in [-0.2, -0.15) is 0 Å². The Hall–Kier alpha value is -1.70. The lowest BCUT2D eigenvalue weighted by Gasteiger charge is -2.20. The van der Waals surface area contributed by atoms with E-state index in [9.17, 15) is 13.2 Å². The average molecular weight is 273 g/mol. The molecule has 1 unspecified atom stereocenters. The van der Waals surface area contributed by atoms with Crippen molar-refractivity contribution in [2.75, 3.05) is 24.2 Å². The number of hydrogen-bond donors (Lipinski definition) is 0. The number of hydrogen-bond acceptors (Lipinski definition) is 6. The van der Waals surface area contributed by atoms with Crippen LogP contribution in [0.2, 0.25) is 0 Å². The Kier molecular flexibility index (Phi) is 4.60. The molecule has 0 aliphatic rings. The van der Waals surface area contributed by atoms with Crippen molar-refractivity contribution in [1.29, 1.82) is 0 Å². The molecule has 0 aliphatic heterocycles. The van der Waals surface area contributed by atoms with Crippen molar-refractivity contribution in [2.45, 2.75) is 12.8 Å². The summed E-state index contributed by atoms with van der Waals surface area (Å²) in [6.07, 6.45) is 3.88. The van der Waals surface area contributed by atoms with Crippen molar-refractivity contribution in [3.05, 3.63) is 18.1 Å². The van der Waals surface area contributed by atoms with Crippen molar-refractivity contribution in [1.82, 2.24) is 9.97 Å². The maximum atomic E-state index is 11.5. The summed E-state index contributed by atoms with van der Waals surface area (Å²) in [5, 5.41) is 0. The highest BCUT2D eigenvalue weighted by Crippen LogP contribution is 2.25. The molecule has 0 aliphatic carbocycles. The fraction of sp³-hybridized carbons (Fsp3) is 0.500. The van der Waals surface area contributed by atoms with Crippen molar-refractivity contribution >= 4 is 22.3 Å². The Morgan fingerprint density at radius 2 is 2.22 bits per heavy atom. The van der Waals surface area contributed by atoms with Gasteiger partial charge in [-0.25, -0.2) is 18.4 Å². The van der Waals surface area contributed by atoms with Crippen molar-refractivity contribution in [3.63, 3.8) is 0 Å². The number of aromatic nitrogens is 2. The molecule has 100 valence electrons. The Balaban J connectivity index is 3.10. The van der Waals surface area contributed by atoms with E-state index in [1.165, 1.54) is 19.6 Å². The summed E-state index contributed by atoms with van der Waals surface area (Å²) in [7, 11) is -1.99. The van der Waals surface area contributed by atoms with Crippen LogP contribution in [0.4, 0.5) is 5.82 Å². The molecule has 1 aromatic heterocycles. The molecule has 0 spiro atoms. The number of carbonyl (C=O) groups is 1. The summed E-state index contributed by atoms with van der Waals surface area (Å²) in [5.41, 5.74) is 0.604. The molecule has 1 heterocycles. The third-order valence-electron chi connectivity index (χ3n) is 2.46. The number of nitrogens with zero attached hydrogens (tertiary/aromatic N) is 3. The van der Waals surface area contributed by atoms with Gasteiger partial charge in [0.2, 0.25) is 10.0 Å². The highest BCUT2D eigenvalue weighted by Gasteiger charge is 2.20. The fourth-order valence-electron chi connectivity index (χ4n) is 1.38. The van der Waals surface area contributed by atoms with E-state index in [1.807, 2.05) is 0 Å². The van der Waals surface area contributed by atoms with Crippen LogP contribution in [0.25, 0.3) is 0 Å². The van der Waals surface area contributed by atoms with E-state index >= 15 is 0 Å². The third-order valence-corrected chi connectivity index (χ3v) is 3.63. The van der Waals surface area contributed by atoms with Gasteiger partial charge < -0.3 is 4.74 Å². The second-order valence-electron chi connectivity index (χ2n) is 3.86. The van der Waals surface area contributed by atoms with Gasteiger partial charge >= 0.3 is 0 Å². The fourth-order valence-corrected chi connectivity index (χ4v) is 1.84. The maximum Gasteiger partial charge on any atom is 0.293 e. The summed E-state index contributed by atoms with van der Waals surface area (Å²) in [4.78, 5) is 18.0. The number of sulfonamides is 1. The lowest BCUT2D eigenvalue weighted by molar-refractivity contribution is -0.129. The third kappa shape index (κ3) is 3.39. The summed E-state index contributed by atoms with van der Waals surface area (Å²) in [6, 6.07) is 0. The zero-order valence-electron chi connectivity index (χ0n) is 10.4. The minimum atomic E-state index is -3.40. The lowest BCUT2D eigenvalue weighted by Crippen LogP contribution is -2.27. The smallest absolute Gasteiger partial charge is 0.293 e. The van der Waals surface area contributed by atoms with Gasteiger partial charge in [0.15, 0.2) is 0 Å². The molecule has 7 nitrogen and oxygen atoms in total. The predicted octanol–water partition coefficient (Wildman–Crippen LogP) is 0.149. The molecule has 0 bridgehead atoms. The molecule has 0 radical (unpaired) electrons. The van der Waals surface area contributed by atoms with Crippen LogP contribution in [-0.4, -0.2) is 44.8 Å². The standard InChI is InChI=1S/C10H15N3O4S/c1-8(5-17-7-14)9-4-11-6-12-10(9)13(2)18(3,15)16/h4,6-8H,5H2,1-3H3. The first-order valence-electron chi connectivity index (χ1n) is 5.17. The molecule has 0 N–H and O–H groups in total. The topological polar surface area (TPSA) is 89.5 Å². The van der Waals surface area contributed by atoms with Gasteiger partial charge in [0.1, 0.15) is 12.1 Å². The Morgan fingerprint density at radius 3 is 2.78 bits per heavy atom. The molecule has 1 rings (SSSR count). The normalized spacial score (nSPS) is 12.8. The molecule has 18 heavy (non-hydrogen) atoms. The van der Waals surface area contributed by atoms with Gasteiger partial charge in [-0.1, -0.05) is 6.92 Å². The van der Waals surface area contributed by atoms with E-state index in [0.29, 0.717) is 12.0 Å². The van der Waals surface area contributed by atoms with E-state index in [4.69, 9.17) is 0 Å². The second kappa shape index (κ2) is 5.76. The quantitative estimate of drug-likeness (QED) is 0.685. The molecule has 0 saturated carbocycles. The van der Waals surface area contributed by atoms with Crippen LogP contribution in [0, 0.1) is 0 Å². The summed E-state index contributed by atoms with van der Waals surface area (Å²) < 4.78 is 28.7. The molecule has 0 amide bonds. The number of anilines is 1. The van der Waals surface area contributed by atoms with Crippen LogP contribution in [0.3, 0.4) is 0 Å². The van der Waals surface area contributed by atoms with Crippen LogP contribution in [0.5, 0.6) is 0 Å². The van der Waals surface area contributed by atoms with Gasteiger partial charge in [0.25, 0.3) is 6.47 Å². The highest BCUT2D eigenvalue weighted by molar-refractivity contribution is 7.92. The van der Waals surface area contributed by atoms with E-state index in [1.54, 1.807) is 6.92 Å². The molecule has 0 fully saturated rings. The molecule has 0 aromatic carbocycles. The van der Waals surface area contributed by atoms with Gasteiger partial charge in [0.05, 0.1) is 12.9 Å². The number of rotatable bonds is 6. The zero-order valence-corrected chi connectivity index (χ0v) is 11.2. The van der Waals surface area contributed by atoms with Gasteiger partial charge in [-0.05, 0) is 0 Å². The van der Waals surface area contributed by atoms with Gasteiger partial charge in [-0.3, -0.25) is 9.10 Å². The largest absolute Gasteiger partial charge is 0.467 e. The molecular weight excluding hydrogens is 258 g/mol. The van der Waals surface area contributed by atoms with Crippen molar-refractivity contribution in [2.24, 2.45) is 0 Å². The van der Waals surface area contributed by atoms with E-state index in [-0.39, 0.29) is 18.3 Å². The Bertz CT molecular complexity index is 518. The molecular formula is C10H15N3O4S. The van der Waals surface area contributed by atoms with Crippen LogP contribution in [0.1, 0.15) is 18.4 Å². The first kappa shape index (κ1) is 14.4. The van der Waals surface area contributed by atoms with Crippen LogP contribution in [-0.2, 0) is 19.6 Å². The van der Waals surface area contributed by atoms with Crippen LogP contribution >= 0.6 is 0 Å². The molecule has 0 saturated heterocycles. The first-order valence-corrected chi connectivity index (χ1v) is 7.01. The number of ether oxygens (including phenoxy) is 1. The molecule has 1 aromatic rings. The van der Waals surface area contributed by atoms with Crippen LogP contribution in [0.15, 0.2) is 12.5 Å². The monoisotopic (exact) mass is 273 g/mol. The highest BCUT2D eigenvalue weighted by atomic mass is 32.2. The lowest BCUT2D eigenvalue weighted by atomic mass is 10.1. The van der Waals surface area contributed by atoms with Gasteiger partial charge in [-0.15, -0.1) is 0 Å².